The Labute approximate surface area is 149 Å². The van der Waals surface area contributed by atoms with E-state index < -0.39 is 0 Å². The van der Waals surface area contributed by atoms with E-state index in [4.69, 9.17) is 11.6 Å². The second-order valence-electron chi connectivity index (χ2n) is 5.54. The number of benzene rings is 1. The molecule has 0 aliphatic carbocycles. The van der Waals surface area contributed by atoms with Crippen LogP contribution in [0.4, 0.5) is 0 Å². The largest absolute Gasteiger partial charge is 0.352 e. The zero-order chi connectivity index (χ0) is 16.9. The zero-order valence-electron chi connectivity index (χ0n) is 13.3. The fourth-order valence-corrected chi connectivity index (χ4v) is 3.79. The van der Waals surface area contributed by atoms with E-state index in [0.29, 0.717) is 11.6 Å². The SMILES string of the molecule is Cc1cnn(CCCNC(=O)/C=C/c2sc3ccccc3c2Cl)c1. The number of fused-ring (bicyclic) bond motifs is 1. The minimum atomic E-state index is -0.111. The number of nitrogens with zero attached hydrogens (tertiary/aromatic N) is 2. The van der Waals surface area contributed by atoms with Crippen molar-refractivity contribution in [2.24, 2.45) is 0 Å². The second kappa shape index (κ2) is 7.64. The molecule has 0 unspecified atom stereocenters. The van der Waals surface area contributed by atoms with Crippen LogP contribution in [0.2, 0.25) is 5.02 Å². The summed E-state index contributed by atoms with van der Waals surface area (Å²) in [5, 5.41) is 8.82. The van der Waals surface area contributed by atoms with Gasteiger partial charge in [-0.1, -0.05) is 29.8 Å². The molecule has 2 heterocycles. The molecule has 24 heavy (non-hydrogen) atoms. The molecule has 0 bridgehead atoms. The number of carbonyl (C=O) groups is 1. The lowest BCUT2D eigenvalue weighted by atomic mass is 10.2. The molecule has 3 aromatic rings. The minimum Gasteiger partial charge on any atom is -0.352 e. The first-order chi connectivity index (χ1) is 11.6. The van der Waals surface area contributed by atoms with E-state index in [0.717, 1.165) is 33.5 Å². The molecule has 0 atom stereocenters. The van der Waals surface area contributed by atoms with Crippen LogP contribution in [0.3, 0.4) is 0 Å². The van der Waals surface area contributed by atoms with Crippen molar-refractivity contribution in [1.29, 1.82) is 0 Å². The Morgan fingerprint density at radius 1 is 1.42 bits per heavy atom. The Hall–Kier alpha value is -2.11. The van der Waals surface area contributed by atoms with Gasteiger partial charge in [-0.2, -0.15) is 5.10 Å². The molecule has 4 nitrogen and oxygen atoms in total. The van der Waals surface area contributed by atoms with E-state index in [2.05, 4.69) is 10.4 Å². The van der Waals surface area contributed by atoms with E-state index in [1.807, 2.05) is 48.3 Å². The summed E-state index contributed by atoms with van der Waals surface area (Å²) in [6.45, 7) is 3.41. The number of aromatic nitrogens is 2. The van der Waals surface area contributed by atoms with Crippen LogP contribution in [0, 0.1) is 6.92 Å². The summed E-state index contributed by atoms with van der Waals surface area (Å²) in [4.78, 5) is 12.8. The Kier molecular flexibility index (Phi) is 5.33. The predicted octanol–water partition coefficient (Wildman–Crippen LogP) is 4.28. The number of aryl methyl sites for hydroxylation is 2. The third-order valence-corrected chi connectivity index (χ3v) is 5.23. The molecule has 2 aromatic heterocycles. The molecule has 0 radical (unpaired) electrons. The second-order valence-corrected chi connectivity index (χ2v) is 7.00. The van der Waals surface area contributed by atoms with Gasteiger partial charge in [-0.3, -0.25) is 9.48 Å². The Balaban J connectivity index is 1.50. The first kappa shape index (κ1) is 16.7. The fourth-order valence-electron chi connectivity index (χ4n) is 2.39. The first-order valence-electron chi connectivity index (χ1n) is 7.75. The summed E-state index contributed by atoms with van der Waals surface area (Å²) in [7, 11) is 0. The quantitative estimate of drug-likeness (QED) is 0.527. The number of thiophene rings is 1. The number of nitrogens with one attached hydrogen (secondary N) is 1. The van der Waals surface area contributed by atoms with Crippen LogP contribution >= 0.6 is 22.9 Å². The molecule has 0 fully saturated rings. The predicted molar refractivity (Wildman–Crippen MR) is 100 cm³/mol. The maximum Gasteiger partial charge on any atom is 0.244 e. The molecule has 1 aromatic carbocycles. The summed E-state index contributed by atoms with van der Waals surface area (Å²) < 4.78 is 3.01. The van der Waals surface area contributed by atoms with Gasteiger partial charge < -0.3 is 5.32 Å². The molecule has 124 valence electrons. The number of rotatable bonds is 6. The van der Waals surface area contributed by atoms with E-state index >= 15 is 0 Å². The standard InChI is InChI=1S/C18H18ClN3OS/c1-13-11-21-22(12-13)10-4-9-20-17(23)8-7-16-18(19)14-5-2-3-6-15(14)24-16/h2-3,5-8,11-12H,4,9-10H2,1H3,(H,20,23)/b8-7+. The van der Waals surface area contributed by atoms with Crippen LogP contribution in [-0.4, -0.2) is 22.2 Å². The van der Waals surface area contributed by atoms with Crippen molar-refractivity contribution in [3.63, 3.8) is 0 Å². The van der Waals surface area contributed by atoms with E-state index in [-0.39, 0.29) is 5.91 Å². The highest BCUT2D eigenvalue weighted by Gasteiger charge is 2.07. The van der Waals surface area contributed by atoms with Gasteiger partial charge in [0.05, 0.1) is 11.2 Å². The topological polar surface area (TPSA) is 46.9 Å². The van der Waals surface area contributed by atoms with Gasteiger partial charge >= 0.3 is 0 Å². The van der Waals surface area contributed by atoms with Gasteiger partial charge in [-0.25, -0.2) is 0 Å². The van der Waals surface area contributed by atoms with E-state index in [1.54, 1.807) is 17.4 Å². The van der Waals surface area contributed by atoms with Crippen LogP contribution in [0.15, 0.2) is 42.7 Å². The molecule has 0 aliphatic rings. The molecule has 0 saturated carbocycles. The number of hydrogen-bond donors (Lipinski definition) is 1. The van der Waals surface area contributed by atoms with Crippen molar-refractivity contribution in [3.05, 3.63) is 58.2 Å². The molecule has 3 rings (SSSR count). The van der Waals surface area contributed by atoms with Crippen LogP contribution in [0.25, 0.3) is 16.2 Å². The van der Waals surface area contributed by atoms with Crippen LogP contribution in [0.1, 0.15) is 16.9 Å². The lowest BCUT2D eigenvalue weighted by Crippen LogP contribution is -2.23. The summed E-state index contributed by atoms with van der Waals surface area (Å²) in [5.41, 5.74) is 1.14. The fraction of sp³-hybridized carbons (Fsp3) is 0.222. The summed E-state index contributed by atoms with van der Waals surface area (Å²) in [6.07, 6.45) is 7.97. The molecular weight excluding hydrogens is 342 g/mol. The van der Waals surface area contributed by atoms with Gasteiger partial charge in [0.2, 0.25) is 5.91 Å². The Morgan fingerprint density at radius 3 is 3.00 bits per heavy atom. The highest BCUT2D eigenvalue weighted by atomic mass is 35.5. The normalized spacial score (nSPS) is 11.4. The maximum atomic E-state index is 11.9. The average Bonchev–Trinajstić information content (AvgIpc) is 3.14. The van der Waals surface area contributed by atoms with Gasteiger partial charge in [0.1, 0.15) is 0 Å². The van der Waals surface area contributed by atoms with Gasteiger partial charge in [0.25, 0.3) is 0 Å². The number of hydrogen-bond acceptors (Lipinski definition) is 3. The Morgan fingerprint density at radius 2 is 2.25 bits per heavy atom. The summed E-state index contributed by atoms with van der Waals surface area (Å²) in [5.74, 6) is -0.111. The number of amides is 1. The van der Waals surface area contributed by atoms with Crippen molar-refractivity contribution >= 4 is 45.0 Å². The van der Waals surface area contributed by atoms with Crippen molar-refractivity contribution in [2.45, 2.75) is 19.9 Å². The van der Waals surface area contributed by atoms with Crippen molar-refractivity contribution in [3.8, 4) is 0 Å². The summed E-state index contributed by atoms with van der Waals surface area (Å²) >= 11 is 7.94. The first-order valence-corrected chi connectivity index (χ1v) is 8.95. The Bertz CT molecular complexity index is 881. The lowest BCUT2D eigenvalue weighted by Gasteiger charge is -2.02. The van der Waals surface area contributed by atoms with Gasteiger partial charge in [0.15, 0.2) is 0 Å². The monoisotopic (exact) mass is 359 g/mol. The summed E-state index contributed by atoms with van der Waals surface area (Å²) in [6, 6.07) is 7.96. The highest BCUT2D eigenvalue weighted by Crippen LogP contribution is 2.35. The zero-order valence-corrected chi connectivity index (χ0v) is 14.9. The highest BCUT2D eigenvalue weighted by molar-refractivity contribution is 7.20. The van der Waals surface area contributed by atoms with Crippen molar-refractivity contribution in [1.82, 2.24) is 15.1 Å². The third kappa shape index (κ3) is 4.04. The van der Waals surface area contributed by atoms with Crippen molar-refractivity contribution < 1.29 is 4.79 Å². The molecule has 6 heteroatoms. The van der Waals surface area contributed by atoms with Crippen LogP contribution in [0.5, 0.6) is 0 Å². The van der Waals surface area contributed by atoms with Gasteiger partial charge in [0, 0.05) is 40.3 Å². The lowest BCUT2D eigenvalue weighted by molar-refractivity contribution is -0.116. The molecule has 1 N–H and O–H groups in total. The van der Waals surface area contributed by atoms with Crippen LogP contribution in [-0.2, 0) is 11.3 Å². The van der Waals surface area contributed by atoms with Crippen LogP contribution < -0.4 is 5.32 Å². The molecule has 0 saturated heterocycles. The number of halogens is 1. The third-order valence-electron chi connectivity index (χ3n) is 3.57. The van der Waals surface area contributed by atoms with Gasteiger partial charge in [-0.15, -0.1) is 11.3 Å². The molecular formula is C18H18ClN3OS. The van der Waals surface area contributed by atoms with E-state index in [9.17, 15) is 4.79 Å². The molecule has 0 spiro atoms. The molecule has 1 amide bonds. The van der Waals surface area contributed by atoms with Gasteiger partial charge in [-0.05, 0) is 31.1 Å². The number of carbonyl (C=O) groups excluding carboxylic acids is 1. The minimum absolute atomic E-state index is 0.111. The van der Waals surface area contributed by atoms with Crippen molar-refractivity contribution in [2.75, 3.05) is 6.54 Å². The maximum absolute atomic E-state index is 11.9. The van der Waals surface area contributed by atoms with E-state index in [1.165, 1.54) is 6.08 Å². The smallest absolute Gasteiger partial charge is 0.244 e. The molecule has 0 aliphatic heterocycles. The average molecular weight is 360 g/mol.